The van der Waals surface area contributed by atoms with Crippen molar-refractivity contribution in [3.8, 4) is 17.5 Å². The summed E-state index contributed by atoms with van der Waals surface area (Å²) in [4.78, 5) is 19.6. The zero-order chi connectivity index (χ0) is 14.3. The molecule has 0 radical (unpaired) electrons. The number of hydrogen-bond donors (Lipinski definition) is 1. The van der Waals surface area contributed by atoms with E-state index >= 15 is 0 Å². The van der Waals surface area contributed by atoms with Gasteiger partial charge in [-0.1, -0.05) is 0 Å². The van der Waals surface area contributed by atoms with Gasteiger partial charge in [-0.15, -0.1) is 0 Å². The molecule has 0 aliphatic heterocycles. The van der Waals surface area contributed by atoms with Crippen LogP contribution in [-0.4, -0.2) is 14.5 Å². The van der Waals surface area contributed by atoms with Crippen molar-refractivity contribution in [2.75, 3.05) is 0 Å². The van der Waals surface area contributed by atoms with Crippen LogP contribution in [0.1, 0.15) is 11.3 Å². The highest BCUT2D eigenvalue weighted by Gasteiger charge is 2.13. The van der Waals surface area contributed by atoms with E-state index in [0.29, 0.717) is 22.5 Å². The summed E-state index contributed by atoms with van der Waals surface area (Å²) in [5.41, 5.74) is 3.41. The molecule has 5 heteroatoms. The number of aryl methyl sites for hydroxylation is 2. The average molecular weight is 264 g/mol. The first-order valence-electron chi connectivity index (χ1n) is 6.16. The van der Waals surface area contributed by atoms with Gasteiger partial charge in [0.25, 0.3) is 0 Å². The molecule has 2 aromatic heterocycles. The summed E-state index contributed by atoms with van der Waals surface area (Å²) in [6, 6.07) is 8.95. The molecule has 98 valence electrons. The number of nitrogens with zero attached hydrogens (tertiary/aromatic N) is 3. The minimum Gasteiger partial charge on any atom is -0.364 e. The first-order chi connectivity index (χ1) is 9.60. The van der Waals surface area contributed by atoms with Gasteiger partial charge >= 0.3 is 0 Å². The van der Waals surface area contributed by atoms with Gasteiger partial charge in [0, 0.05) is 25.0 Å². The zero-order valence-corrected chi connectivity index (χ0v) is 11.1. The molecule has 2 heterocycles. The van der Waals surface area contributed by atoms with Crippen molar-refractivity contribution >= 4 is 11.0 Å². The smallest absolute Gasteiger partial charge is 0.192 e. The van der Waals surface area contributed by atoms with Crippen molar-refractivity contribution < 1.29 is 0 Å². The molecule has 0 spiro atoms. The number of benzene rings is 1. The van der Waals surface area contributed by atoms with Gasteiger partial charge in [0.05, 0.1) is 28.2 Å². The predicted molar refractivity (Wildman–Crippen MR) is 76.2 cm³/mol. The topological polar surface area (TPSA) is 74.5 Å². The molecule has 1 aromatic carbocycles. The van der Waals surface area contributed by atoms with E-state index in [1.807, 2.05) is 24.6 Å². The Morgan fingerprint density at radius 3 is 2.85 bits per heavy atom. The van der Waals surface area contributed by atoms with E-state index in [-0.39, 0.29) is 5.43 Å². The predicted octanol–water partition coefficient (Wildman–Crippen LogP) is 2.11. The number of hydrogen-bond acceptors (Lipinski definition) is 3. The van der Waals surface area contributed by atoms with Gasteiger partial charge in [0.2, 0.25) is 0 Å². The fraction of sp³-hybridized carbons (Fsp3) is 0.133. The van der Waals surface area contributed by atoms with Crippen LogP contribution in [0.4, 0.5) is 0 Å². The SMILES string of the molecule is Cc1cc(=O)c(-c2nc3cc(C#N)ccc3n2C)c[nH]1. The zero-order valence-electron chi connectivity index (χ0n) is 11.1. The Kier molecular flexibility index (Phi) is 2.65. The van der Waals surface area contributed by atoms with Crippen molar-refractivity contribution in [1.29, 1.82) is 5.26 Å². The molecule has 0 saturated carbocycles. The molecule has 0 fully saturated rings. The van der Waals surface area contributed by atoms with Crippen LogP contribution in [-0.2, 0) is 7.05 Å². The number of aromatic amines is 1. The van der Waals surface area contributed by atoms with E-state index in [4.69, 9.17) is 5.26 Å². The second kappa shape index (κ2) is 4.35. The van der Waals surface area contributed by atoms with Crippen LogP contribution in [0.2, 0.25) is 0 Å². The third kappa shape index (κ3) is 1.79. The molecule has 0 atom stereocenters. The number of H-pyrrole nitrogens is 1. The number of nitrogens with one attached hydrogen (secondary N) is 1. The Bertz CT molecular complexity index is 912. The summed E-state index contributed by atoms with van der Waals surface area (Å²) in [5.74, 6) is 0.594. The Morgan fingerprint density at radius 1 is 1.35 bits per heavy atom. The number of pyridine rings is 1. The molecule has 1 N–H and O–H groups in total. The molecule has 0 unspecified atom stereocenters. The number of nitriles is 1. The summed E-state index contributed by atoms with van der Waals surface area (Å²) in [5, 5.41) is 8.93. The lowest BCUT2D eigenvalue weighted by atomic mass is 10.2. The van der Waals surface area contributed by atoms with Gasteiger partial charge in [-0.25, -0.2) is 4.98 Å². The van der Waals surface area contributed by atoms with E-state index in [0.717, 1.165) is 11.2 Å². The second-order valence-corrected chi connectivity index (χ2v) is 4.70. The van der Waals surface area contributed by atoms with Gasteiger partial charge in [-0.05, 0) is 25.1 Å². The van der Waals surface area contributed by atoms with Crippen LogP contribution >= 0.6 is 0 Å². The third-order valence-corrected chi connectivity index (χ3v) is 3.31. The Balaban J connectivity index is 2.29. The Labute approximate surface area is 115 Å². The maximum Gasteiger partial charge on any atom is 0.192 e. The molecule has 0 saturated heterocycles. The standard InChI is InChI=1S/C15H12N4O/c1-9-5-14(20)11(8-17-9)15-18-12-6-10(7-16)3-4-13(12)19(15)2/h3-6,8H,1-2H3,(H,17,20). The fourth-order valence-electron chi connectivity index (χ4n) is 2.26. The van der Waals surface area contributed by atoms with Crippen LogP contribution in [0.3, 0.4) is 0 Å². The maximum absolute atomic E-state index is 12.1. The molecular formula is C15H12N4O. The fourth-order valence-corrected chi connectivity index (χ4v) is 2.26. The van der Waals surface area contributed by atoms with E-state index in [9.17, 15) is 4.79 Å². The van der Waals surface area contributed by atoms with E-state index < -0.39 is 0 Å². The summed E-state index contributed by atoms with van der Waals surface area (Å²) < 4.78 is 1.86. The van der Waals surface area contributed by atoms with Crippen molar-refractivity contribution in [3.05, 3.63) is 51.9 Å². The van der Waals surface area contributed by atoms with Gasteiger partial charge in [0.15, 0.2) is 5.43 Å². The molecule has 5 nitrogen and oxygen atoms in total. The number of imidazole rings is 1. The van der Waals surface area contributed by atoms with Crippen LogP contribution in [0, 0.1) is 18.3 Å². The van der Waals surface area contributed by atoms with Crippen LogP contribution in [0.15, 0.2) is 35.3 Å². The van der Waals surface area contributed by atoms with E-state index in [2.05, 4.69) is 16.0 Å². The molecule has 3 aromatic rings. The summed E-state index contributed by atoms with van der Waals surface area (Å²) >= 11 is 0. The molecule has 0 bridgehead atoms. The summed E-state index contributed by atoms with van der Waals surface area (Å²) in [7, 11) is 1.86. The maximum atomic E-state index is 12.1. The molecule has 20 heavy (non-hydrogen) atoms. The van der Waals surface area contributed by atoms with E-state index in [1.165, 1.54) is 0 Å². The molecule has 0 aliphatic carbocycles. The van der Waals surface area contributed by atoms with E-state index in [1.54, 1.807) is 24.4 Å². The van der Waals surface area contributed by atoms with Gasteiger partial charge in [-0.3, -0.25) is 4.79 Å². The van der Waals surface area contributed by atoms with Gasteiger partial charge < -0.3 is 9.55 Å². The third-order valence-electron chi connectivity index (χ3n) is 3.31. The van der Waals surface area contributed by atoms with Gasteiger partial charge in [0.1, 0.15) is 5.82 Å². The minimum absolute atomic E-state index is 0.0693. The second-order valence-electron chi connectivity index (χ2n) is 4.70. The first-order valence-corrected chi connectivity index (χ1v) is 6.16. The van der Waals surface area contributed by atoms with Crippen LogP contribution in [0.5, 0.6) is 0 Å². The number of rotatable bonds is 1. The van der Waals surface area contributed by atoms with Crippen LogP contribution in [0.25, 0.3) is 22.4 Å². The lowest BCUT2D eigenvalue weighted by molar-refractivity contribution is 0.954. The van der Waals surface area contributed by atoms with Crippen molar-refractivity contribution in [2.24, 2.45) is 7.05 Å². The quantitative estimate of drug-likeness (QED) is 0.731. The van der Waals surface area contributed by atoms with Crippen molar-refractivity contribution in [3.63, 3.8) is 0 Å². The van der Waals surface area contributed by atoms with Gasteiger partial charge in [-0.2, -0.15) is 5.26 Å². The summed E-state index contributed by atoms with van der Waals surface area (Å²) in [6.07, 6.45) is 1.67. The largest absolute Gasteiger partial charge is 0.364 e. The number of aromatic nitrogens is 3. The minimum atomic E-state index is -0.0693. The van der Waals surface area contributed by atoms with Crippen LogP contribution < -0.4 is 5.43 Å². The normalized spacial score (nSPS) is 10.7. The average Bonchev–Trinajstić information content (AvgIpc) is 2.75. The lowest BCUT2D eigenvalue weighted by Gasteiger charge is -2.02. The molecule has 3 rings (SSSR count). The lowest BCUT2D eigenvalue weighted by Crippen LogP contribution is -2.08. The first kappa shape index (κ1) is 12.2. The highest BCUT2D eigenvalue weighted by molar-refractivity contribution is 5.81. The van der Waals surface area contributed by atoms with Crippen molar-refractivity contribution in [1.82, 2.24) is 14.5 Å². The molecular weight excluding hydrogens is 252 g/mol. The number of fused-ring (bicyclic) bond motifs is 1. The highest BCUT2D eigenvalue weighted by atomic mass is 16.1. The molecule has 0 aliphatic rings. The molecule has 0 amide bonds. The Morgan fingerprint density at radius 2 is 2.15 bits per heavy atom. The monoisotopic (exact) mass is 264 g/mol. The van der Waals surface area contributed by atoms with Crippen molar-refractivity contribution in [2.45, 2.75) is 6.92 Å². The highest BCUT2D eigenvalue weighted by Crippen LogP contribution is 2.22. The summed E-state index contributed by atoms with van der Waals surface area (Å²) in [6.45, 7) is 1.83. The Hall–Kier alpha value is -2.87.